The van der Waals surface area contributed by atoms with E-state index in [1.54, 1.807) is 19.5 Å². The second kappa shape index (κ2) is 14.5. The SMILES string of the molecule is COCCOCCOc1ccc(N2CCOCC2)c(NC(=O)NCC(c2ccncc2)N(C)C)c1. The third-order valence-corrected chi connectivity index (χ3v) is 5.67. The van der Waals surface area contributed by atoms with Gasteiger partial charge in [0, 0.05) is 45.2 Å². The van der Waals surface area contributed by atoms with Crippen LogP contribution in [-0.4, -0.2) is 96.4 Å². The van der Waals surface area contributed by atoms with E-state index >= 15 is 0 Å². The van der Waals surface area contributed by atoms with Crippen molar-refractivity contribution in [2.24, 2.45) is 0 Å². The van der Waals surface area contributed by atoms with Crippen LogP contribution in [0, 0.1) is 0 Å². The largest absolute Gasteiger partial charge is 0.491 e. The van der Waals surface area contributed by atoms with Crippen molar-refractivity contribution in [3.63, 3.8) is 0 Å². The molecular weight excluding hydrogens is 450 g/mol. The number of urea groups is 1. The molecule has 3 rings (SSSR count). The first kappa shape index (κ1) is 26.7. The lowest BCUT2D eigenvalue weighted by Gasteiger charge is -2.31. The highest BCUT2D eigenvalue weighted by molar-refractivity contribution is 5.93. The number of likely N-dealkylation sites (N-methyl/N-ethyl adjacent to an activating group) is 1. The van der Waals surface area contributed by atoms with Gasteiger partial charge in [0.2, 0.25) is 0 Å². The zero-order valence-corrected chi connectivity index (χ0v) is 20.9. The highest BCUT2D eigenvalue weighted by Gasteiger charge is 2.19. The molecule has 1 aliphatic rings. The standard InChI is InChI=1S/C25H37N5O5/c1-29(2)24(20-6-8-26-9-7-20)19-27-25(31)28-22-18-21(35-17-16-34-15-14-32-3)4-5-23(22)30-10-12-33-13-11-30/h4-9,18,24H,10-17,19H2,1-3H3,(H2,27,28,31). The summed E-state index contributed by atoms with van der Waals surface area (Å²) in [4.78, 5) is 21.3. The van der Waals surface area contributed by atoms with Crippen molar-refractivity contribution in [1.82, 2.24) is 15.2 Å². The van der Waals surface area contributed by atoms with E-state index in [4.69, 9.17) is 18.9 Å². The molecule has 1 atom stereocenters. The number of anilines is 2. The Morgan fingerprint density at radius 1 is 1.11 bits per heavy atom. The topological polar surface area (TPSA) is 97.4 Å². The number of rotatable bonds is 13. The molecule has 2 amide bonds. The summed E-state index contributed by atoms with van der Waals surface area (Å²) < 4.78 is 21.8. The number of nitrogens with one attached hydrogen (secondary N) is 2. The van der Waals surface area contributed by atoms with Crippen molar-refractivity contribution in [2.45, 2.75) is 6.04 Å². The first-order chi connectivity index (χ1) is 17.1. The van der Waals surface area contributed by atoms with Crippen molar-refractivity contribution < 1.29 is 23.7 Å². The molecule has 2 heterocycles. The van der Waals surface area contributed by atoms with Gasteiger partial charge in [-0.3, -0.25) is 4.98 Å². The van der Waals surface area contributed by atoms with Crippen molar-refractivity contribution in [3.05, 3.63) is 48.3 Å². The maximum Gasteiger partial charge on any atom is 0.319 e. The molecule has 192 valence electrons. The minimum absolute atomic E-state index is 0.0234. The molecule has 35 heavy (non-hydrogen) atoms. The summed E-state index contributed by atoms with van der Waals surface area (Å²) in [5, 5.41) is 6.03. The average Bonchev–Trinajstić information content (AvgIpc) is 2.87. The zero-order chi connectivity index (χ0) is 24.9. The van der Waals surface area contributed by atoms with Crippen molar-refractivity contribution in [3.8, 4) is 5.75 Å². The van der Waals surface area contributed by atoms with Gasteiger partial charge < -0.3 is 39.4 Å². The molecule has 2 aromatic rings. The van der Waals surface area contributed by atoms with Crippen LogP contribution in [-0.2, 0) is 14.2 Å². The van der Waals surface area contributed by atoms with Crippen LogP contribution in [0.3, 0.4) is 0 Å². The Labute approximate surface area is 207 Å². The number of morpholine rings is 1. The fraction of sp³-hybridized carbons (Fsp3) is 0.520. The molecule has 0 saturated carbocycles. The van der Waals surface area contributed by atoms with Crippen molar-refractivity contribution >= 4 is 17.4 Å². The summed E-state index contributed by atoms with van der Waals surface area (Å²) >= 11 is 0. The highest BCUT2D eigenvalue weighted by atomic mass is 16.5. The third kappa shape index (κ3) is 8.66. The predicted octanol–water partition coefficient (Wildman–Crippen LogP) is 2.38. The zero-order valence-electron chi connectivity index (χ0n) is 20.9. The molecule has 1 aromatic carbocycles. The molecule has 1 aliphatic heterocycles. The number of benzene rings is 1. The van der Waals surface area contributed by atoms with E-state index in [-0.39, 0.29) is 12.1 Å². The molecule has 0 spiro atoms. The molecule has 0 radical (unpaired) electrons. The number of aromatic nitrogens is 1. The van der Waals surface area contributed by atoms with Gasteiger partial charge in [0.1, 0.15) is 12.4 Å². The molecule has 10 nitrogen and oxygen atoms in total. The number of pyridine rings is 1. The number of nitrogens with zero attached hydrogens (tertiary/aromatic N) is 3. The van der Waals surface area contributed by atoms with Gasteiger partial charge in [0.15, 0.2) is 0 Å². The quantitative estimate of drug-likeness (QED) is 0.416. The lowest BCUT2D eigenvalue weighted by atomic mass is 10.1. The van der Waals surface area contributed by atoms with Gasteiger partial charge in [-0.2, -0.15) is 0 Å². The Kier molecular flexibility index (Phi) is 11.0. The molecule has 1 unspecified atom stereocenters. The molecule has 1 saturated heterocycles. The maximum absolute atomic E-state index is 12.9. The van der Waals surface area contributed by atoms with Crippen LogP contribution in [0.25, 0.3) is 0 Å². The molecule has 10 heteroatoms. The fourth-order valence-corrected chi connectivity index (χ4v) is 3.79. The van der Waals surface area contributed by atoms with Crippen LogP contribution in [0.15, 0.2) is 42.7 Å². The smallest absolute Gasteiger partial charge is 0.319 e. The number of carbonyl (C=O) groups is 1. The van der Waals surface area contributed by atoms with Crippen LogP contribution >= 0.6 is 0 Å². The van der Waals surface area contributed by atoms with E-state index in [9.17, 15) is 4.79 Å². The summed E-state index contributed by atoms with van der Waals surface area (Å²) in [6, 6.07) is 9.40. The van der Waals surface area contributed by atoms with E-state index in [0.29, 0.717) is 57.6 Å². The molecular formula is C25H37N5O5. The minimum Gasteiger partial charge on any atom is -0.491 e. The van der Waals surface area contributed by atoms with Gasteiger partial charge in [0.05, 0.1) is 50.5 Å². The summed E-state index contributed by atoms with van der Waals surface area (Å²) in [6.07, 6.45) is 3.52. The van der Waals surface area contributed by atoms with Gasteiger partial charge >= 0.3 is 6.03 Å². The van der Waals surface area contributed by atoms with Gasteiger partial charge in [0.25, 0.3) is 0 Å². The number of amides is 2. The number of methoxy groups -OCH3 is 1. The van der Waals surface area contributed by atoms with E-state index in [1.165, 1.54) is 0 Å². The lowest BCUT2D eigenvalue weighted by molar-refractivity contribution is 0.0544. The van der Waals surface area contributed by atoms with Crippen LogP contribution in [0.5, 0.6) is 5.75 Å². The Hall–Kier alpha value is -2.92. The Bertz CT molecular complexity index is 893. The van der Waals surface area contributed by atoms with E-state index < -0.39 is 0 Å². The molecule has 2 N–H and O–H groups in total. The molecule has 0 aliphatic carbocycles. The number of carbonyl (C=O) groups excluding carboxylic acids is 1. The number of hydrogen-bond donors (Lipinski definition) is 2. The summed E-state index contributed by atoms with van der Waals surface area (Å²) in [6.45, 7) is 5.21. The second-order valence-electron chi connectivity index (χ2n) is 8.33. The monoisotopic (exact) mass is 487 g/mol. The molecule has 0 bridgehead atoms. The maximum atomic E-state index is 12.9. The minimum atomic E-state index is -0.277. The van der Waals surface area contributed by atoms with Gasteiger partial charge in [-0.25, -0.2) is 4.79 Å². The van der Waals surface area contributed by atoms with Gasteiger partial charge in [-0.1, -0.05) is 0 Å². The van der Waals surface area contributed by atoms with E-state index in [0.717, 1.165) is 24.3 Å². The molecule has 1 aromatic heterocycles. The first-order valence-electron chi connectivity index (χ1n) is 11.9. The van der Waals surface area contributed by atoms with E-state index in [2.05, 4.69) is 25.4 Å². The average molecular weight is 488 g/mol. The second-order valence-corrected chi connectivity index (χ2v) is 8.33. The third-order valence-electron chi connectivity index (χ3n) is 5.67. The Morgan fingerprint density at radius 3 is 2.57 bits per heavy atom. The first-order valence-corrected chi connectivity index (χ1v) is 11.9. The lowest BCUT2D eigenvalue weighted by Crippen LogP contribution is -2.39. The van der Waals surface area contributed by atoms with E-state index in [1.807, 2.05) is 44.4 Å². The van der Waals surface area contributed by atoms with Crippen molar-refractivity contribution in [2.75, 3.05) is 90.7 Å². The number of ether oxygens (including phenoxy) is 4. The fourth-order valence-electron chi connectivity index (χ4n) is 3.79. The summed E-state index contributed by atoms with van der Waals surface area (Å²) in [5.41, 5.74) is 2.71. The Morgan fingerprint density at radius 2 is 1.86 bits per heavy atom. The van der Waals surface area contributed by atoms with Crippen LogP contribution in [0.2, 0.25) is 0 Å². The van der Waals surface area contributed by atoms with Crippen LogP contribution < -0.4 is 20.3 Å². The van der Waals surface area contributed by atoms with Gasteiger partial charge in [-0.15, -0.1) is 0 Å². The van der Waals surface area contributed by atoms with Gasteiger partial charge in [-0.05, 0) is 43.9 Å². The Balaban J connectivity index is 1.64. The number of hydrogen-bond acceptors (Lipinski definition) is 8. The normalized spacial score (nSPS) is 14.6. The summed E-state index contributed by atoms with van der Waals surface area (Å²) in [7, 11) is 5.61. The van der Waals surface area contributed by atoms with Crippen LogP contribution in [0.4, 0.5) is 16.2 Å². The summed E-state index contributed by atoms with van der Waals surface area (Å²) in [5.74, 6) is 0.663. The predicted molar refractivity (Wildman–Crippen MR) is 135 cm³/mol. The van der Waals surface area contributed by atoms with Crippen molar-refractivity contribution in [1.29, 1.82) is 0 Å². The van der Waals surface area contributed by atoms with Crippen LogP contribution in [0.1, 0.15) is 11.6 Å². The highest BCUT2D eigenvalue weighted by Crippen LogP contribution is 2.31. The molecule has 1 fully saturated rings.